The predicted octanol–water partition coefficient (Wildman–Crippen LogP) is 2.76. The van der Waals surface area contributed by atoms with E-state index >= 15 is 0 Å². The quantitative estimate of drug-likeness (QED) is 0.652. The molecule has 0 aliphatic rings. The summed E-state index contributed by atoms with van der Waals surface area (Å²) in [5, 5.41) is 0. The maximum Gasteiger partial charge on any atom is 0.127 e. The Hall–Kier alpha value is -2.44. The number of hydrogen-bond donors (Lipinski definition) is 2. The number of hydrogen-bond acceptors (Lipinski definition) is 3. The highest BCUT2D eigenvalue weighted by atomic mass is 16.5. The molecule has 2 aromatic rings. The highest BCUT2D eigenvalue weighted by molar-refractivity contribution is 5.44. The molecule has 0 bridgehead atoms. The molecule has 0 amide bonds. The van der Waals surface area contributed by atoms with Crippen molar-refractivity contribution in [3.63, 3.8) is 0 Å². The van der Waals surface area contributed by atoms with Crippen molar-refractivity contribution in [3.05, 3.63) is 54.1 Å². The summed E-state index contributed by atoms with van der Waals surface area (Å²) in [4.78, 5) is 0. The van der Waals surface area contributed by atoms with Gasteiger partial charge >= 0.3 is 0 Å². The molecule has 19 heavy (non-hydrogen) atoms. The zero-order chi connectivity index (χ0) is 13.5. The number of nitrogens with two attached hydrogens (primary N) is 2. The number of anilines is 1. The van der Waals surface area contributed by atoms with Gasteiger partial charge in [-0.1, -0.05) is 11.8 Å². The normalized spacial score (nSPS) is 9.53. The van der Waals surface area contributed by atoms with Crippen LogP contribution in [0.5, 0.6) is 11.5 Å². The second-order valence-corrected chi connectivity index (χ2v) is 4.04. The summed E-state index contributed by atoms with van der Waals surface area (Å²) in [6.07, 6.45) is 0.712. The minimum absolute atomic E-state index is 0.589. The maximum absolute atomic E-state index is 5.69. The van der Waals surface area contributed by atoms with Crippen molar-refractivity contribution in [2.75, 3.05) is 12.3 Å². The molecular formula is C16H16N2O. The van der Waals surface area contributed by atoms with Crippen LogP contribution in [0, 0.1) is 11.8 Å². The largest absolute Gasteiger partial charge is 0.457 e. The Bertz CT molecular complexity index is 577. The van der Waals surface area contributed by atoms with Gasteiger partial charge in [0.2, 0.25) is 0 Å². The molecule has 0 aliphatic carbocycles. The third-order valence-electron chi connectivity index (χ3n) is 2.47. The summed E-state index contributed by atoms with van der Waals surface area (Å²) < 4.78 is 5.69. The van der Waals surface area contributed by atoms with Crippen molar-refractivity contribution in [3.8, 4) is 23.3 Å². The van der Waals surface area contributed by atoms with Crippen LogP contribution in [0.4, 0.5) is 5.69 Å². The Morgan fingerprint density at radius 3 is 2.05 bits per heavy atom. The Morgan fingerprint density at radius 2 is 1.47 bits per heavy atom. The molecule has 3 nitrogen and oxygen atoms in total. The Balaban J connectivity index is 2.03. The van der Waals surface area contributed by atoms with Crippen LogP contribution < -0.4 is 16.2 Å². The van der Waals surface area contributed by atoms with Gasteiger partial charge in [-0.25, -0.2) is 0 Å². The summed E-state index contributed by atoms with van der Waals surface area (Å²) in [6.45, 7) is 0.589. The van der Waals surface area contributed by atoms with Gasteiger partial charge in [0.25, 0.3) is 0 Å². The van der Waals surface area contributed by atoms with E-state index in [-0.39, 0.29) is 0 Å². The molecule has 0 heterocycles. The first-order chi connectivity index (χ1) is 9.28. The monoisotopic (exact) mass is 252 g/mol. The average Bonchev–Trinajstić information content (AvgIpc) is 2.44. The summed E-state index contributed by atoms with van der Waals surface area (Å²) >= 11 is 0. The molecule has 0 aliphatic heterocycles. The second kappa shape index (κ2) is 6.48. The zero-order valence-electron chi connectivity index (χ0n) is 10.6. The van der Waals surface area contributed by atoms with Crippen LogP contribution >= 0.6 is 0 Å². The zero-order valence-corrected chi connectivity index (χ0v) is 10.6. The standard InChI is InChI=1S/C16H16N2O/c17-12-2-1-3-13-4-8-15(9-5-13)19-16-10-6-14(18)7-11-16/h4-11H,2,12,17-18H2. The Labute approximate surface area is 113 Å². The first-order valence-corrected chi connectivity index (χ1v) is 6.10. The van der Waals surface area contributed by atoms with E-state index in [0.29, 0.717) is 13.0 Å². The molecule has 96 valence electrons. The minimum atomic E-state index is 0.589. The highest BCUT2D eigenvalue weighted by Crippen LogP contribution is 2.22. The molecular weight excluding hydrogens is 236 g/mol. The average molecular weight is 252 g/mol. The Morgan fingerprint density at radius 1 is 0.895 bits per heavy atom. The molecule has 0 saturated carbocycles. The van der Waals surface area contributed by atoms with Crippen LogP contribution in [0.25, 0.3) is 0 Å². The van der Waals surface area contributed by atoms with E-state index in [1.165, 1.54) is 0 Å². The van der Waals surface area contributed by atoms with Gasteiger partial charge in [0, 0.05) is 24.2 Å². The Kier molecular flexibility index (Phi) is 4.44. The van der Waals surface area contributed by atoms with Gasteiger partial charge in [-0.2, -0.15) is 0 Å². The molecule has 2 rings (SSSR count). The summed E-state index contributed by atoms with van der Waals surface area (Å²) in [5.41, 5.74) is 12.7. The second-order valence-electron chi connectivity index (χ2n) is 4.04. The SMILES string of the molecule is NCCC#Cc1ccc(Oc2ccc(N)cc2)cc1. The maximum atomic E-state index is 5.69. The number of nitrogen functional groups attached to an aromatic ring is 1. The van der Waals surface area contributed by atoms with Crippen LogP contribution in [-0.2, 0) is 0 Å². The van der Waals surface area contributed by atoms with E-state index < -0.39 is 0 Å². The van der Waals surface area contributed by atoms with Gasteiger partial charge < -0.3 is 16.2 Å². The van der Waals surface area contributed by atoms with Crippen LogP contribution in [-0.4, -0.2) is 6.54 Å². The van der Waals surface area contributed by atoms with Gasteiger partial charge in [0.15, 0.2) is 0 Å². The van der Waals surface area contributed by atoms with E-state index in [1.54, 1.807) is 0 Å². The van der Waals surface area contributed by atoms with Crippen molar-refractivity contribution in [1.82, 2.24) is 0 Å². The smallest absolute Gasteiger partial charge is 0.127 e. The fraction of sp³-hybridized carbons (Fsp3) is 0.125. The van der Waals surface area contributed by atoms with Gasteiger partial charge in [-0.3, -0.25) is 0 Å². The molecule has 0 atom stereocenters. The van der Waals surface area contributed by atoms with Gasteiger partial charge in [0.05, 0.1) is 0 Å². The van der Waals surface area contributed by atoms with E-state index in [4.69, 9.17) is 16.2 Å². The van der Waals surface area contributed by atoms with Gasteiger partial charge in [-0.05, 0) is 48.5 Å². The lowest BCUT2D eigenvalue weighted by Crippen LogP contribution is -1.95. The molecule has 0 radical (unpaired) electrons. The fourth-order valence-electron chi connectivity index (χ4n) is 1.51. The van der Waals surface area contributed by atoms with Crippen molar-refractivity contribution in [2.24, 2.45) is 5.73 Å². The summed E-state index contributed by atoms with van der Waals surface area (Å²) in [5.74, 6) is 7.57. The van der Waals surface area contributed by atoms with Gasteiger partial charge in [0.1, 0.15) is 11.5 Å². The number of benzene rings is 2. The molecule has 2 aromatic carbocycles. The predicted molar refractivity (Wildman–Crippen MR) is 77.9 cm³/mol. The third kappa shape index (κ3) is 4.06. The lowest BCUT2D eigenvalue weighted by Gasteiger charge is -2.05. The molecule has 4 N–H and O–H groups in total. The molecule has 0 spiro atoms. The summed E-state index contributed by atoms with van der Waals surface area (Å²) in [7, 11) is 0. The van der Waals surface area contributed by atoms with Crippen molar-refractivity contribution in [1.29, 1.82) is 0 Å². The number of rotatable bonds is 3. The van der Waals surface area contributed by atoms with E-state index in [2.05, 4.69) is 11.8 Å². The third-order valence-corrected chi connectivity index (χ3v) is 2.47. The van der Waals surface area contributed by atoms with Gasteiger partial charge in [-0.15, -0.1) is 0 Å². The van der Waals surface area contributed by atoms with Crippen molar-refractivity contribution < 1.29 is 4.74 Å². The molecule has 0 unspecified atom stereocenters. The molecule has 0 saturated heterocycles. The minimum Gasteiger partial charge on any atom is -0.457 e. The molecule has 3 heteroatoms. The molecule has 0 fully saturated rings. The van der Waals surface area contributed by atoms with Crippen LogP contribution in [0.2, 0.25) is 0 Å². The summed E-state index contributed by atoms with van der Waals surface area (Å²) in [6, 6.07) is 14.9. The van der Waals surface area contributed by atoms with E-state index in [9.17, 15) is 0 Å². The first-order valence-electron chi connectivity index (χ1n) is 6.10. The van der Waals surface area contributed by atoms with E-state index in [0.717, 1.165) is 22.7 Å². The fourth-order valence-corrected chi connectivity index (χ4v) is 1.51. The molecule has 0 aromatic heterocycles. The van der Waals surface area contributed by atoms with Crippen molar-refractivity contribution >= 4 is 5.69 Å². The first kappa shape index (κ1) is 13.0. The highest BCUT2D eigenvalue weighted by Gasteiger charge is 1.96. The lowest BCUT2D eigenvalue weighted by atomic mass is 10.2. The van der Waals surface area contributed by atoms with Crippen molar-refractivity contribution in [2.45, 2.75) is 6.42 Å². The lowest BCUT2D eigenvalue weighted by molar-refractivity contribution is 0.483. The van der Waals surface area contributed by atoms with Crippen LogP contribution in [0.3, 0.4) is 0 Å². The number of ether oxygens (including phenoxy) is 1. The topological polar surface area (TPSA) is 61.3 Å². The van der Waals surface area contributed by atoms with Crippen LogP contribution in [0.15, 0.2) is 48.5 Å². The van der Waals surface area contributed by atoms with Crippen LogP contribution in [0.1, 0.15) is 12.0 Å². The van der Waals surface area contributed by atoms with E-state index in [1.807, 2.05) is 48.5 Å².